The van der Waals surface area contributed by atoms with Crippen molar-refractivity contribution in [2.45, 2.75) is 6.92 Å². The molecule has 0 aromatic rings. The standard InChI is InChI=1S/C7H15N3O3S2/c1-5(6(8)14)7(11)9-3-4-10-15(2,12)13/h5,10H,3-4H2,1-2H3,(H2,8,14)(H,9,11). The van der Waals surface area contributed by atoms with Crippen molar-refractivity contribution in [3.05, 3.63) is 0 Å². The van der Waals surface area contributed by atoms with E-state index in [2.05, 4.69) is 22.3 Å². The van der Waals surface area contributed by atoms with Crippen molar-refractivity contribution >= 4 is 33.1 Å². The first-order valence-electron chi connectivity index (χ1n) is 4.25. The van der Waals surface area contributed by atoms with E-state index in [4.69, 9.17) is 5.73 Å². The molecule has 15 heavy (non-hydrogen) atoms. The van der Waals surface area contributed by atoms with Gasteiger partial charge in [0, 0.05) is 13.1 Å². The lowest BCUT2D eigenvalue weighted by Gasteiger charge is -2.10. The molecule has 0 radical (unpaired) electrons. The minimum atomic E-state index is -3.21. The number of carbonyl (C=O) groups is 1. The molecule has 0 aliphatic rings. The summed E-state index contributed by atoms with van der Waals surface area (Å²) in [6, 6.07) is 0. The zero-order valence-corrected chi connectivity index (χ0v) is 10.2. The molecule has 0 bridgehead atoms. The van der Waals surface area contributed by atoms with Gasteiger partial charge in [-0.2, -0.15) is 0 Å². The van der Waals surface area contributed by atoms with Crippen LogP contribution >= 0.6 is 12.2 Å². The molecule has 0 saturated heterocycles. The largest absolute Gasteiger partial charge is 0.393 e. The third kappa shape index (κ3) is 7.23. The van der Waals surface area contributed by atoms with Gasteiger partial charge in [0.2, 0.25) is 15.9 Å². The quantitative estimate of drug-likeness (QED) is 0.398. The van der Waals surface area contributed by atoms with Crippen LogP contribution in [0, 0.1) is 5.92 Å². The Bertz CT molecular complexity index is 339. The molecule has 0 fully saturated rings. The summed E-state index contributed by atoms with van der Waals surface area (Å²) in [4.78, 5) is 11.4. The predicted molar refractivity (Wildman–Crippen MR) is 61.8 cm³/mol. The van der Waals surface area contributed by atoms with Gasteiger partial charge < -0.3 is 11.1 Å². The first kappa shape index (κ1) is 14.3. The van der Waals surface area contributed by atoms with Gasteiger partial charge >= 0.3 is 0 Å². The number of hydrogen-bond acceptors (Lipinski definition) is 4. The molecule has 0 heterocycles. The van der Waals surface area contributed by atoms with Gasteiger partial charge in [0.15, 0.2) is 0 Å². The average molecular weight is 253 g/mol. The summed E-state index contributed by atoms with van der Waals surface area (Å²) >= 11 is 4.64. The number of amides is 1. The average Bonchev–Trinajstić information content (AvgIpc) is 2.09. The normalized spacial score (nSPS) is 13.2. The Morgan fingerprint density at radius 3 is 2.40 bits per heavy atom. The van der Waals surface area contributed by atoms with Gasteiger partial charge in [-0.25, -0.2) is 13.1 Å². The Labute approximate surface area is 94.6 Å². The second-order valence-corrected chi connectivity index (χ2v) is 5.39. The highest BCUT2D eigenvalue weighted by atomic mass is 32.2. The molecule has 4 N–H and O–H groups in total. The number of carbonyl (C=O) groups excluding carboxylic acids is 1. The van der Waals surface area contributed by atoms with Crippen LogP contribution in [0.2, 0.25) is 0 Å². The van der Waals surface area contributed by atoms with E-state index in [0.717, 1.165) is 6.26 Å². The van der Waals surface area contributed by atoms with E-state index in [0.29, 0.717) is 0 Å². The lowest BCUT2D eigenvalue weighted by Crippen LogP contribution is -2.40. The fourth-order valence-corrected chi connectivity index (χ4v) is 1.28. The zero-order chi connectivity index (χ0) is 12.1. The highest BCUT2D eigenvalue weighted by molar-refractivity contribution is 7.88. The number of nitrogens with two attached hydrogens (primary N) is 1. The van der Waals surface area contributed by atoms with E-state index in [1.165, 1.54) is 0 Å². The van der Waals surface area contributed by atoms with Crippen LogP contribution in [0.3, 0.4) is 0 Å². The van der Waals surface area contributed by atoms with Crippen molar-refractivity contribution in [3.63, 3.8) is 0 Å². The summed E-state index contributed by atoms with van der Waals surface area (Å²) in [5, 5.41) is 2.50. The lowest BCUT2D eigenvalue weighted by molar-refractivity contribution is -0.122. The highest BCUT2D eigenvalue weighted by Gasteiger charge is 2.14. The summed E-state index contributed by atoms with van der Waals surface area (Å²) in [6.45, 7) is 1.94. The fourth-order valence-electron chi connectivity index (χ4n) is 0.704. The zero-order valence-electron chi connectivity index (χ0n) is 8.61. The molecule has 1 amide bonds. The van der Waals surface area contributed by atoms with E-state index >= 15 is 0 Å². The molecular formula is C7H15N3O3S2. The first-order chi connectivity index (χ1) is 6.74. The van der Waals surface area contributed by atoms with Crippen LogP contribution in [0.25, 0.3) is 0 Å². The van der Waals surface area contributed by atoms with Crippen molar-refractivity contribution in [1.29, 1.82) is 0 Å². The molecule has 8 heteroatoms. The van der Waals surface area contributed by atoms with Crippen molar-refractivity contribution in [1.82, 2.24) is 10.0 Å². The van der Waals surface area contributed by atoms with Gasteiger partial charge in [0.25, 0.3) is 0 Å². The number of hydrogen-bond donors (Lipinski definition) is 3. The topological polar surface area (TPSA) is 101 Å². The monoisotopic (exact) mass is 253 g/mol. The molecule has 1 atom stereocenters. The summed E-state index contributed by atoms with van der Waals surface area (Å²) < 4.78 is 23.5. The summed E-state index contributed by atoms with van der Waals surface area (Å²) in [7, 11) is -3.21. The van der Waals surface area contributed by atoms with Gasteiger partial charge in [-0.3, -0.25) is 4.79 Å². The molecule has 6 nitrogen and oxygen atoms in total. The van der Waals surface area contributed by atoms with Crippen LogP contribution in [-0.4, -0.2) is 38.7 Å². The van der Waals surface area contributed by atoms with Crippen molar-refractivity contribution in [2.75, 3.05) is 19.3 Å². The minimum absolute atomic E-state index is 0.114. The molecule has 0 aliphatic carbocycles. The van der Waals surface area contributed by atoms with E-state index in [-0.39, 0.29) is 24.0 Å². The van der Waals surface area contributed by atoms with Crippen LogP contribution in [-0.2, 0) is 14.8 Å². The van der Waals surface area contributed by atoms with Gasteiger partial charge in [-0.1, -0.05) is 12.2 Å². The maximum atomic E-state index is 11.3. The number of sulfonamides is 1. The highest BCUT2D eigenvalue weighted by Crippen LogP contribution is 1.93. The van der Waals surface area contributed by atoms with Crippen LogP contribution in [0.5, 0.6) is 0 Å². The van der Waals surface area contributed by atoms with Crippen LogP contribution in [0.15, 0.2) is 0 Å². The lowest BCUT2D eigenvalue weighted by atomic mass is 10.2. The fraction of sp³-hybridized carbons (Fsp3) is 0.714. The summed E-state index contributed by atoms with van der Waals surface area (Å²) in [5.74, 6) is -0.851. The Morgan fingerprint density at radius 1 is 1.47 bits per heavy atom. The maximum absolute atomic E-state index is 11.3. The van der Waals surface area contributed by atoms with Crippen LogP contribution < -0.4 is 15.8 Å². The number of rotatable bonds is 6. The Hall–Kier alpha value is -0.730. The number of nitrogens with one attached hydrogen (secondary N) is 2. The molecular weight excluding hydrogens is 238 g/mol. The van der Waals surface area contributed by atoms with Crippen molar-refractivity contribution < 1.29 is 13.2 Å². The minimum Gasteiger partial charge on any atom is -0.393 e. The smallest absolute Gasteiger partial charge is 0.229 e. The second-order valence-electron chi connectivity index (χ2n) is 3.08. The molecule has 0 spiro atoms. The van der Waals surface area contributed by atoms with E-state index in [1.54, 1.807) is 6.92 Å². The predicted octanol–water partition coefficient (Wildman–Crippen LogP) is -1.43. The van der Waals surface area contributed by atoms with Crippen LogP contribution in [0.4, 0.5) is 0 Å². The van der Waals surface area contributed by atoms with E-state index in [1.807, 2.05) is 0 Å². The molecule has 1 unspecified atom stereocenters. The SMILES string of the molecule is CC(C(=O)NCCNS(C)(=O)=O)C(N)=S. The second kappa shape index (κ2) is 5.99. The first-order valence-corrected chi connectivity index (χ1v) is 6.55. The van der Waals surface area contributed by atoms with Gasteiger partial charge in [-0.05, 0) is 6.92 Å². The van der Waals surface area contributed by atoms with Gasteiger partial charge in [0.05, 0.1) is 17.2 Å². The Balaban J connectivity index is 3.79. The third-order valence-corrected chi connectivity index (χ3v) is 2.69. The molecule has 0 rings (SSSR count). The van der Waals surface area contributed by atoms with Crippen molar-refractivity contribution in [3.8, 4) is 0 Å². The number of thiocarbonyl (C=S) groups is 1. The van der Waals surface area contributed by atoms with Gasteiger partial charge in [0.1, 0.15) is 0 Å². The molecule has 0 aromatic carbocycles. The summed E-state index contributed by atoms with van der Waals surface area (Å²) in [6.07, 6.45) is 1.05. The van der Waals surface area contributed by atoms with E-state index in [9.17, 15) is 13.2 Å². The molecule has 0 aromatic heterocycles. The van der Waals surface area contributed by atoms with E-state index < -0.39 is 15.9 Å². The Morgan fingerprint density at radius 2 is 2.00 bits per heavy atom. The molecule has 88 valence electrons. The third-order valence-electron chi connectivity index (χ3n) is 1.61. The molecule has 0 saturated carbocycles. The van der Waals surface area contributed by atoms with Crippen LogP contribution in [0.1, 0.15) is 6.92 Å². The van der Waals surface area contributed by atoms with Gasteiger partial charge in [-0.15, -0.1) is 0 Å². The Kier molecular flexibility index (Phi) is 5.69. The summed E-state index contributed by atoms with van der Waals surface area (Å²) in [5.41, 5.74) is 5.27. The molecule has 0 aliphatic heterocycles. The maximum Gasteiger partial charge on any atom is 0.229 e. The van der Waals surface area contributed by atoms with Crippen molar-refractivity contribution in [2.24, 2.45) is 11.7 Å².